The fraction of sp³-hybridized carbons (Fsp3) is 0.455. The first-order valence-electron chi connectivity index (χ1n) is 9.93. The zero-order valence-electron chi connectivity index (χ0n) is 16.2. The molecular weight excluding hydrogens is 352 g/mol. The first-order valence-corrected chi connectivity index (χ1v) is 10.8. The van der Waals surface area contributed by atoms with E-state index in [9.17, 15) is 0 Å². The van der Waals surface area contributed by atoms with E-state index in [1.165, 1.54) is 40.7 Å². The van der Waals surface area contributed by atoms with Crippen molar-refractivity contribution in [3.05, 3.63) is 52.7 Å². The van der Waals surface area contributed by atoms with E-state index in [0.717, 1.165) is 37.4 Å². The highest BCUT2D eigenvalue weighted by molar-refractivity contribution is 7.18. The van der Waals surface area contributed by atoms with Crippen molar-refractivity contribution < 1.29 is 0 Å². The zero-order valence-corrected chi connectivity index (χ0v) is 17.1. The minimum Gasteiger partial charge on any atom is -0.355 e. The van der Waals surface area contributed by atoms with Crippen molar-refractivity contribution in [2.45, 2.75) is 45.6 Å². The van der Waals surface area contributed by atoms with E-state index in [-0.39, 0.29) is 0 Å². The lowest BCUT2D eigenvalue weighted by molar-refractivity contribution is 0.412. The number of thiophene rings is 1. The average molecular weight is 381 g/mol. The molecule has 3 heterocycles. The van der Waals surface area contributed by atoms with E-state index in [0.29, 0.717) is 6.04 Å². The predicted molar refractivity (Wildman–Crippen MR) is 115 cm³/mol. The number of hydrogen-bond acceptors (Lipinski definition) is 5. The summed E-state index contributed by atoms with van der Waals surface area (Å²) in [5.41, 5.74) is 5.17. The van der Waals surface area contributed by atoms with Crippen LogP contribution in [0, 0.1) is 13.8 Å². The topological polar surface area (TPSA) is 41.0 Å². The summed E-state index contributed by atoms with van der Waals surface area (Å²) in [4.78, 5) is 11.5. The molecule has 4 rings (SSSR count). The van der Waals surface area contributed by atoms with Gasteiger partial charge < -0.3 is 10.2 Å². The number of piperidine rings is 1. The molecule has 0 amide bonds. The molecule has 1 aliphatic heterocycles. The van der Waals surface area contributed by atoms with Crippen LogP contribution >= 0.6 is 11.3 Å². The molecule has 2 aromatic heterocycles. The van der Waals surface area contributed by atoms with Crippen LogP contribution < -0.4 is 10.2 Å². The lowest BCUT2D eigenvalue weighted by Gasteiger charge is -2.33. The number of anilines is 1. The van der Waals surface area contributed by atoms with Crippen molar-refractivity contribution in [2.75, 3.05) is 24.5 Å². The second-order valence-corrected chi connectivity index (χ2v) is 8.48. The molecule has 1 aliphatic rings. The summed E-state index contributed by atoms with van der Waals surface area (Å²) in [6, 6.07) is 9.49. The molecule has 0 aliphatic carbocycles. The molecule has 5 heteroatoms. The van der Waals surface area contributed by atoms with Crippen LogP contribution in [0.3, 0.4) is 0 Å². The van der Waals surface area contributed by atoms with Crippen molar-refractivity contribution in [1.29, 1.82) is 0 Å². The number of nitrogens with zero attached hydrogens (tertiary/aromatic N) is 3. The maximum Gasteiger partial charge on any atom is 0.150 e. The largest absolute Gasteiger partial charge is 0.355 e. The Bertz CT molecular complexity index is 896. The number of aryl methyl sites for hydroxylation is 3. The number of aromatic nitrogens is 2. The Morgan fingerprint density at radius 1 is 1.19 bits per heavy atom. The van der Waals surface area contributed by atoms with Gasteiger partial charge in [0.2, 0.25) is 0 Å². The summed E-state index contributed by atoms with van der Waals surface area (Å²) in [5, 5.41) is 5.95. The van der Waals surface area contributed by atoms with Crippen LogP contribution in [0.1, 0.15) is 36.0 Å². The maximum atomic E-state index is 4.59. The molecule has 0 radical (unpaired) electrons. The lowest BCUT2D eigenvalue weighted by atomic mass is 10.0. The summed E-state index contributed by atoms with van der Waals surface area (Å²) < 4.78 is 1.24. The SMILES string of the molecule is Cc1cccc(CCCNC2CCN(c3ncnc4c(C)csc34)CC2)c1. The van der Waals surface area contributed by atoms with Crippen molar-refractivity contribution in [2.24, 2.45) is 0 Å². The smallest absolute Gasteiger partial charge is 0.150 e. The van der Waals surface area contributed by atoms with Crippen LogP contribution in [-0.4, -0.2) is 35.6 Å². The maximum absolute atomic E-state index is 4.59. The van der Waals surface area contributed by atoms with E-state index < -0.39 is 0 Å². The summed E-state index contributed by atoms with van der Waals surface area (Å²) >= 11 is 1.77. The molecule has 0 unspecified atom stereocenters. The van der Waals surface area contributed by atoms with E-state index in [1.807, 2.05) is 0 Å². The highest BCUT2D eigenvalue weighted by Crippen LogP contribution is 2.32. The van der Waals surface area contributed by atoms with Gasteiger partial charge in [-0.15, -0.1) is 11.3 Å². The van der Waals surface area contributed by atoms with Gasteiger partial charge in [0.15, 0.2) is 0 Å². The second kappa shape index (κ2) is 8.36. The molecule has 0 bridgehead atoms. The predicted octanol–water partition coefficient (Wildman–Crippen LogP) is 4.50. The van der Waals surface area contributed by atoms with Gasteiger partial charge in [0.05, 0.1) is 10.2 Å². The van der Waals surface area contributed by atoms with Crippen LogP contribution in [0.15, 0.2) is 36.0 Å². The number of nitrogens with one attached hydrogen (secondary N) is 1. The Morgan fingerprint density at radius 2 is 2.04 bits per heavy atom. The Labute approximate surface area is 165 Å². The van der Waals surface area contributed by atoms with E-state index in [4.69, 9.17) is 0 Å². The van der Waals surface area contributed by atoms with Crippen LogP contribution in [0.4, 0.5) is 5.82 Å². The molecule has 4 nitrogen and oxygen atoms in total. The molecular formula is C22H28N4S. The van der Waals surface area contributed by atoms with Crippen molar-refractivity contribution >= 4 is 27.4 Å². The summed E-state index contributed by atoms with van der Waals surface area (Å²) in [7, 11) is 0. The molecule has 142 valence electrons. The van der Waals surface area contributed by atoms with E-state index in [2.05, 4.69) is 63.7 Å². The van der Waals surface area contributed by atoms with Gasteiger partial charge in [-0.25, -0.2) is 9.97 Å². The van der Waals surface area contributed by atoms with E-state index in [1.54, 1.807) is 17.7 Å². The van der Waals surface area contributed by atoms with Gasteiger partial charge in [0.25, 0.3) is 0 Å². The molecule has 27 heavy (non-hydrogen) atoms. The molecule has 0 atom stereocenters. The summed E-state index contributed by atoms with van der Waals surface area (Å²) in [6.45, 7) is 7.53. The first kappa shape index (κ1) is 18.4. The van der Waals surface area contributed by atoms with Crippen LogP contribution in [0.25, 0.3) is 10.2 Å². The number of fused-ring (bicyclic) bond motifs is 1. The van der Waals surface area contributed by atoms with Gasteiger partial charge in [-0.3, -0.25) is 0 Å². The minimum absolute atomic E-state index is 0.626. The highest BCUT2D eigenvalue weighted by Gasteiger charge is 2.22. The Balaban J connectivity index is 1.25. The third-order valence-corrected chi connectivity index (χ3v) is 6.55. The Kier molecular flexibility index (Phi) is 5.69. The van der Waals surface area contributed by atoms with Gasteiger partial charge in [-0.05, 0) is 62.6 Å². The van der Waals surface area contributed by atoms with Gasteiger partial charge in [0.1, 0.15) is 12.1 Å². The minimum atomic E-state index is 0.626. The van der Waals surface area contributed by atoms with Crippen molar-refractivity contribution in [3.8, 4) is 0 Å². The quantitative estimate of drug-likeness (QED) is 0.639. The third-order valence-electron chi connectivity index (χ3n) is 5.46. The Morgan fingerprint density at radius 3 is 2.85 bits per heavy atom. The molecule has 1 aromatic carbocycles. The van der Waals surface area contributed by atoms with Gasteiger partial charge in [-0.2, -0.15) is 0 Å². The molecule has 1 N–H and O–H groups in total. The molecule has 3 aromatic rings. The fourth-order valence-corrected chi connectivity index (χ4v) is 4.96. The molecule has 0 spiro atoms. The standard InChI is InChI=1S/C22H28N4S/c1-16-5-3-6-18(13-16)7-4-10-23-19-8-11-26(12-9-19)22-21-20(24-15-25-22)17(2)14-27-21/h3,5-6,13-15,19,23H,4,7-12H2,1-2H3. The van der Waals surface area contributed by atoms with Crippen molar-refractivity contribution in [3.63, 3.8) is 0 Å². The molecule has 1 fully saturated rings. The highest BCUT2D eigenvalue weighted by atomic mass is 32.1. The average Bonchev–Trinajstić information content (AvgIpc) is 3.07. The summed E-state index contributed by atoms with van der Waals surface area (Å²) in [5.74, 6) is 1.12. The molecule has 0 saturated carbocycles. The monoisotopic (exact) mass is 380 g/mol. The normalized spacial score (nSPS) is 15.6. The van der Waals surface area contributed by atoms with Crippen LogP contribution in [0.5, 0.6) is 0 Å². The lowest BCUT2D eigenvalue weighted by Crippen LogP contribution is -2.43. The van der Waals surface area contributed by atoms with Gasteiger partial charge in [-0.1, -0.05) is 29.8 Å². The number of rotatable bonds is 6. The van der Waals surface area contributed by atoms with Gasteiger partial charge in [0, 0.05) is 19.1 Å². The Hall–Kier alpha value is -1.98. The molecule has 1 saturated heterocycles. The number of hydrogen-bond donors (Lipinski definition) is 1. The van der Waals surface area contributed by atoms with E-state index >= 15 is 0 Å². The fourth-order valence-electron chi connectivity index (χ4n) is 3.94. The van der Waals surface area contributed by atoms with Crippen LogP contribution in [-0.2, 0) is 6.42 Å². The summed E-state index contributed by atoms with van der Waals surface area (Å²) in [6.07, 6.45) is 6.43. The van der Waals surface area contributed by atoms with Gasteiger partial charge >= 0.3 is 0 Å². The first-order chi connectivity index (χ1) is 13.2. The third kappa shape index (κ3) is 4.30. The second-order valence-electron chi connectivity index (χ2n) is 7.60. The number of benzene rings is 1. The van der Waals surface area contributed by atoms with Crippen LogP contribution in [0.2, 0.25) is 0 Å². The zero-order chi connectivity index (χ0) is 18.6. The van der Waals surface area contributed by atoms with Crippen molar-refractivity contribution in [1.82, 2.24) is 15.3 Å².